The summed E-state index contributed by atoms with van der Waals surface area (Å²) < 4.78 is 5.13. The van der Waals surface area contributed by atoms with Gasteiger partial charge in [-0.05, 0) is 25.8 Å². The molecule has 0 aromatic heterocycles. The molecule has 0 amide bonds. The van der Waals surface area contributed by atoms with E-state index in [1.54, 1.807) is 7.11 Å². The first-order valence-corrected chi connectivity index (χ1v) is 6.13. The molecule has 0 saturated carbocycles. The van der Waals surface area contributed by atoms with Crippen LogP contribution in [-0.2, 0) is 4.74 Å². The molecule has 0 aliphatic heterocycles. The average molecular weight is 236 g/mol. The van der Waals surface area contributed by atoms with Crippen LogP contribution in [0.15, 0.2) is 30.3 Å². The van der Waals surface area contributed by atoms with Crippen LogP contribution in [0.25, 0.3) is 0 Å². The van der Waals surface area contributed by atoms with Gasteiger partial charge in [-0.25, -0.2) is 0 Å². The van der Waals surface area contributed by atoms with Crippen molar-refractivity contribution >= 4 is 0 Å². The Morgan fingerprint density at radius 3 is 2.53 bits per heavy atom. The molecule has 96 valence electrons. The van der Waals surface area contributed by atoms with E-state index in [9.17, 15) is 0 Å². The molecule has 3 heteroatoms. The minimum absolute atomic E-state index is 0.0781. The number of benzene rings is 1. The van der Waals surface area contributed by atoms with Crippen molar-refractivity contribution in [3.63, 3.8) is 0 Å². The summed E-state index contributed by atoms with van der Waals surface area (Å²) in [5, 5.41) is 3.59. The highest BCUT2D eigenvalue weighted by atomic mass is 16.5. The molecule has 3 nitrogen and oxygen atoms in total. The number of nitrogens with two attached hydrogens (primary N) is 1. The molecule has 0 aliphatic carbocycles. The van der Waals surface area contributed by atoms with Crippen molar-refractivity contribution in [3.8, 4) is 0 Å². The summed E-state index contributed by atoms with van der Waals surface area (Å²) in [6.07, 6.45) is 0.914. The molecule has 3 N–H and O–H groups in total. The Kier molecular flexibility index (Phi) is 5.62. The van der Waals surface area contributed by atoms with E-state index in [4.69, 9.17) is 10.5 Å². The first-order valence-electron chi connectivity index (χ1n) is 6.13. The van der Waals surface area contributed by atoms with Gasteiger partial charge in [-0.2, -0.15) is 0 Å². The molecule has 1 aromatic rings. The van der Waals surface area contributed by atoms with Crippen molar-refractivity contribution in [1.29, 1.82) is 0 Å². The first-order chi connectivity index (χ1) is 8.11. The number of rotatable bonds is 7. The lowest BCUT2D eigenvalue weighted by Gasteiger charge is -2.33. The second kappa shape index (κ2) is 6.74. The van der Waals surface area contributed by atoms with Gasteiger partial charge < -0.3 is 15.8 Å². The molecule has 1 aromatic carbocycles. The summed E-state index contributed by atoms with van der Waals surface area (Å²) in [7, 11) is 1.72. The van der Waals surface area contributed by atoms with Crippen molar-refractivity contribution in [3.05, 3.63) is 35.9 Å². The van der Waals surface area contributed by atoms with Crippen LogP contribution >= 0.6 is 0 Å². The van der Waals surface area contributed by atoms with Crippen LogP contribution in [0.4, 0.5) is 0 Å². The quantitative estimate of drug-likeness (QED) is 0.762. The van der Waals surface area contributed by atoms with Crippen LogP contribution in [-0.4, -0.2) is 25.8 Å². The van der Waals surface area contributed by atoms with Crippen molar-refractivity contribution in [2.24, 2.45) is 5.73 Å². The Hall–Kier alpha value is -0.900. The van der Waals surface area contributed by atoms with Crippen molar-refractivity contribution in [2.75, 3.05) is 20.3 Å². The van der Waals surface area contributed by atoms with Gasteiger partial charge in [0.2, 0.25) is 0 Å². The first kappa shape index (κ1) is 14.2. The van der Waals surface area contributed by atoms with Crippen LogP contribution in [0, 0.1) is 0 Å². The normalized spacial score (nSPS) is 16.5. The summed E-state index contributed by atoms with van der Waals surface area (Å²) in [6, 6.07) is 10.7. The lowest BCUT2D eigenvalue weighted by molar-refractivity contribution is 0.157. The SMILES string of the molecule is COCCC(C)(CN)NC(C)c1ccccc1. The molecule has 0 heterocycles. The third kappa shape index (κ3) is 4.46. The predicted octanol–water partition coefficient (Wildman–Crippen LogP) is 2.09. The lowest BCUT2D eigenvalue weighted by atomic mass is 9.95. The molecule has 0 saturated heterocycles. The van der Waals surface area contributed by atoms with E-state index >= 15 is 0 Å². The number of hydrogen-bond acceptors (Lipinski definition) is 3. The number of hydrogen-bond donors (Lipinski definition) is 2. The van der Waals surface area contributed by atoms with Gasteiger partial charge in [0.1, 0.15) is 0 Å². The molecule has 1 rings (SSSR count). The Morgan fingerprint density at radius 2 is 2.00 bits per heavy atom. The maximum atomic E-state index is 5.86. The summed E-state index contributed by atoms with van der Waals surface area (Å²) in [6.45, 7) is 5.64. The fourth-order valence-corrected chi connectivity index (χ4v) is 1.91. The van der Waals surface area contributed by atoms with Crippen LogP contribution in [0.1, 0.15) is 31.9 Å². The molecule has 2 atom stereocenters. The van der Waals surface area contributed by atoms with Gasteiger partial charge in [-0.3, -0.25) is 0 Å². The Balaban J connectivity index is 2.61. The molecule has 0 fully saturated rings. The summed E-state index contributed by atoms with van der Waals surface area (Å²) in [4.78, 5) is 0. The van der Waals surface area contributed by atoms with Crippen LogP contribution in [0.2, 0.25) is 0 Å². The van der Waals surface area contributed by atoms with Crippen molar-refractivity contribution in [2.45, 2.75) is 31.8 Å². The number of nitrogens with one attached hydrogen (secondary N) is 1. The van der Waals surface area contributed by atoms with Crippen molar-refractivity contribution < 1.29 is 4.74 Å². The van der Waals surface area contributed by atoms with Gasteiger partial charge in [0.25, 0.3) is 0 Å². The topological polar surface area (TPSA) is 47.3 Å². The fraction of sp³-hybridized carbons (Fsp3) is 0.571. The molecular formula is C14H24N2O. The lowest BCUT2D eigenvalue weighted by Crippen LogP contribution is -2.50. The summed E-state index contributed by atoms with van der Waals surface area (Å²) >= 11 is 0. The van der Waals surface area contributed by atoms with E-state index in [1.165, 1.54) is 5.56 Å². The van der Waals surface area contributed by atoms with Gasteiger partial charge in [0.15, 0.2) is 0 Å². The van der Waals surface area contributed by atoms with Gasteiger partial charge in [-0.15, -0.1) is 0 Å². The monoisotopic (exact) mass is 236 g/mol. The van der Waals surface area contributed by atoms with Gasteiger partial charge in [0.05, 0.1) is 0 Å². The Morgan fingerprint density at radius 1 is 1.35 bits per heavy atom. The zero-order valence-electron chi connectivity index (χ0n) is 11.1. The molecule has 17 heavy (non-hydrogen) atoms. The van der Waals surface area contributed by atoms with E-state index < -0.39 is 0 Å². The molecule has 0 radical (unpaired) electrons. The summed E-state index contributed by atoms with van der Waals surface area (Å²) in [5.41, 5.74) is 7.06. The Labute approximate surface area is 104 Å². The van der Waals surface area contributed by atoms with Crippen LogP contribution in [0.5, 0.6) is 0 Å². The highest BCUT2D eigenvalue weighted by molar-refractivity contribution is 5.18. The maximum Gasteiger partial charge on any atom is 0.0480 e. The van der Waals surface area contributed by atoms with Gasteiger partial charge >= 0.3 is 0 Å². The third-order valence-electron chi connectivity index (χ3n) is 3.17. The average Bonchev–Trinajstić information content (AvgIpc) is 2.37. The van der Waals surface area contributed by atoms with E-state index in [1.807, 2.05) is 6.07 Å². The number of methoxy groups -OCH3 is 1. The Bertz CT molecular complexity index is 315. The second-order valence-corrected chi connectivity index (χ2v) is 4.78. The predicted molar refractivity (Wildman–Crippen MR) is 71.9 cm³/mol. The van der Waals surface area contributed by atoms with Crippen LogP contribution in [0.3, 0.4) is 0 Å². The minimum Gasteiger partial charge on any atom is -0.385 e. The van der Waals surface area contributed by atoms with Crippen LogP contribution < -0.4 is 11.1 Å². The van der Waals surface area contributed by atoms with Gasteiger partial charge in [-0.1, -0.05) is 30.3 Å². The molecule has 0 bridgehead atoms. The zero-order chi connectivity index (χ0) is 12.7. The smallest absolute Gasteiger partial charge is 0.0480 e. The molecule has 0 spiro atoms. The van der Waals surface area contributed by atoms with E-state index in [2.05, 4.69) is 43.4 Å². The molecule has 0 aliphatic rings. The van der Waals surface area contributed by atoms with E-state index in [0.717, 1.165) is 13.0 Å². The van der Waals surface area contributed by atoms with E-state index in [-0.39, 0.29) is 5.54 Å². The highest BCUT2D eigenvalue weighted by Gasteiger charge is 2.24. The standard InChI is InChI=1S/C14H24N2O/c1-12(13-7-5-4-6-8-13)16-14(2,11-15)9-10-17-3/h4-8,12,16H,9-11,15H2,1-3H3. The largest absolute Gasteiger partial charge is 0.385 e. The highest BCUT2D eigenvalue weighted by Crippen LogP contribution is 2.18. The molecule has 2 unspecified atom stereocenters. The second-order valence-electron chi connectivity index (χ2n) is 4.78. The summed E-state index contributed by atoms with van der Waals surface area (Å²) in [5.74, 6) is 0. The fourth-order valence-electron chi connectivity index (χ4n) is 1.91. The zero-order valence-corrected chi connectivity index (χ0v) is 11.1. The molecular weight excluding hydrogens is 212 g/mol. The minimum atomic E-state index is -0.0781. The number of ether oxygens (including phenoxy) is 1. The van der Waals surface area contributed by atoms with Crippen molar-refractivity contribution in [1.82, 2.24) is 5.32 Å². The maximum absolute atomic E-state index is 5.86. The van der Waals surface area contributed by atoms with Gasteiger partial charge in [0, 0.05) is 31.8 Å². The van der Waals surface area contributed by atoms with E-state index in [0.29, 0.717) is 12.6 Å². The third-order valence-corrected chi connectivity index (χ3v) is 3.17.